The molecule has 0 radical (unpaired) electrons. The van der Waals surface area contributed by atoms with E-state index in [9.17, 15) is 8.42 Å². The first-order chi connectivity index (χ1) is 10.1. The van der Waals surface area contributed by atoms with Gasteiger partial charge in [0, 0.05) is 32.2 Å². The van der Waals surface area contributed by atoms with Crippen molar-refractivity contribution in [3.63, 3.8) is 0 Å². The topological polar surface area (TPSA) is 75.6 Å². The average Bonchev–Trinajstić information content (AvgIpc) is 2.47. The number of ether oxygens (including phenoxy) is 1. The van der Waals surface area contributed by atoms with Gasteiger partial charge in [0.05, 0.1) is 12.4 Å². The Bertz CT molecular complexity index is 587. The predicted molar refractivity (Wildman–Crippen MR) is 82.1 cm³/mol. The molecule has 5 nitrogen and oxygen atoms in total. The highest BCUT2D eigenvalue weighted by Crippen LogP contribution is 2.08. The molecule has 6 heteroatoms. The summed E-state index contributed by atoms with van der Waals surface area (Å²) in [5.74, 6) is 5.82. The van der Waals surface area contributed by atoms with E-state index in [1.54, 1.807) is 7.11 Å². The maximum absolute atomic E-state index is 11.8. The van der Waals surface area contributed by atoms with Crippen LogP contribution in [0.15, 0.2) is 24.3 Å². The van der Waals surface area contributed by atoms with Crippen LogP contribution in [0.2, 0.25) is 0 Å². The number of nitrogens with one attached hydrogen (secondary N) is 1. The van der Waals surface area contributed by atoms with Crippen molar-refractivity contribution in [2.75, 3.05) is 26.1 Å². The van der Waals surface area contributed by atoms with Gasteiger partial charge < -0.3 is 9.84 Å². The third-order valence-electron chi connectivity index (χ3n) is 2.72. The molecule has 1 rings (SSSR count). The summed E-state index contributed by atoms with van der Waals surface area (Å²) < 4.78 is 31.0. The summed E-state index contributed by atoms with van der Waals surface area (Å²) >= 11 is 0. The Morgan fingerprint density at radius 3 is 2.81 bits per heavy atom. The largest absolute Gasteiger partial charge is 0.395 e. The summed E-state index contributed by atoms with van der Waals surface area (Å²) in [6.07, 6.45) is 0.862. The zero-order valence-corrected chi connectivity index (χ0v) is 12.9. The zero-order valence-electron chi connectivity index (χ0n) is 12.1. The van der Waals surface area contributed by atoms with Gasteiger partial charge in [-0.1, -0.05) is 30.0 Å². The number of aliphatic hydroxyl groups is 1. The van der Waals surface area contributed by atoms with Crippen LogP contribution in [-0.2, 0) is 21.3 Å². The summed E-state index contributed by atoms with van der Waals surface area (Å²) in [7, 11) is -1.77. The Morgan fingerprint density at radius 1 is 1.33 bits per heavy atom. The van der Waals surface area contributed by atoms with E-state index in [1.807, 2.05) is 24.3 Å². The molecule has 0 aliphatic heterocycles. The van der Waals surface area contributed by atoms with E-state index in [0.29, 0.717) is 19.4 Å². The third-order valence-corrected chi connectivity index (χ3v) is 4.13. The molecule has 1 aromatic rings. The summed E-state index contributed by atoms with van der Waals surface area (Å²) in [5, 5.41) is 8.72. The fourth-order valence-corrected chi connectivity index (χ4v) is 2.68. The van der Waals surface area contributed by atoms with Crippen molar-refractivity contribution in [2.45, 2.75) is 19.4 Å². The molecule has 0 unspecified atom stereocenters. The fourth-order valence-electron chi connectivity index (χ4n) is 1.66. The maximum Gasteiger partial charge on any atom is 0.211 e. The summed E-state index contributed by atoms with van der Waals surface area (Å²) in [6.45, 7) is 0.644. The van der Waals surface area contributed by atoms with Gasteiger partial charge in [-0.25, -0.2) is 13.1 Å². The molecule has 0 saturated carbocycles. The van der Waals surface area contributed by atoms with E-state index in [-0.39, 0.29) is 18.9 Å². The number of hydrogen-bond acceptors (Lipinski definition) is 4. The maximum atomic E-state index is 11.8. The van der Waals surface area contributed by atoms with Gasteiger partial charge in [-0.2, -0.15) is 0 Å². The van der Waals surface area contributed by atoms with E-state index in [1.165, 1.54) is 0 Å². The molecular formula is C15H21NO4S. The Morgan fingerprint density at radius 2 is 2.10 bits per heavy atom. The van der Waals surface area contributed by atoms with Crippen LogP contribution in [0.4, 0.5) is 0 Å². The lowest BCUT2D eigenvalue weighted by molar-refractivity contribution is 0.199. The standard InChI is InChI=1S/C15H21NO4S/c1-20-11-6-12-21(18,19)16-13-15-9-3-2-7-14(15)8-4-5-10-17/h2-3,7,9,16-17H,5-6,10-13H2,1H3. The first kappa shape index (κ1) is 17.7. The molecule has 0 aliphatic rings. The van der Waals surface area contributed by atoms with E-state index in [2.05, 4.69) is 16.6 Å². The van der Waals surface area contributed by atoms with Gasteiger partial charge in [0.15, 0.2) is 0 Å². The van der Waals surface area contributed by atoms with Crippen LogP contribution in [0.5, 0.6) is 0 Å². The molecule has 1 aromatic carbocycles. The number of benzene rings is 1. The average molecular weight is 311 g/mol. The van der Waals surface area contributed by atoms with Gasteiger partial charge in [-0.05, 0) is 18.1 Å². The Kier molecular flexibility index (Phi) is 8.01. The highest BCUT2D eigenvalue weighted by atomic mass is 32.2. The molecule has 0 atom stereocenters. The van der Waals surface area contributed by atoms with Crippen molar-refractivity contribution in [3.8, 4) is 11.8 Å². The van der Waals surface area contributed by atoms with E-state index in [4.69, 9.17) is 9.84 Å². The predicted octanol–water partition coefficient (Wildman–Crippen LogP) is 0.876. The highest BCUT2D eigenvalue weighted by molar-refractivity contribution is 7.89. The number of methoxy groups -OCH3 is 1. The van der Waals surface area contributed by atoms with E-state index in [0.717, 1.165) is 11.1 Å². The molecule has 0 bridgehead atoms. The Labute approximate surface area is 126 Å². The molecule has 0 spiro atoms. The second-order valence-electron chi connectivity index (χ2n) is 4.42. The first-order valence-electron chi connectivity index (χ1n) is 6.73. The normalized spacial score (nSPS) is 11.0. The fraction of sp³-hybridized carbons (Fsp3) is 0.467. The van der Waals surface area contributed by atoms with Crippen molar-refractivity contribution in [1.29, 1.82) is 0 Å². The molecule has 0 amide bonds. The molecule has 2 N–H and O–H groups in total. The van der Waals surface area contributed by atoms with Crippen molar-refractivity contribution >= 4 is 10.0 Å². The van der Waals surface area contributed by atoms with Crippen molar-refractivity contribution in [1.82, 2.24) is 4.72 Å². The van der Waals surface area contributed by atoms with Gasteiger partial charge in [0.2, 0.25) is 10.0 Å². The van der Waals surface area contributed by atoms with Crippen LogP contribution in [0.1, 0.15) is 24.0 Å². The van der Waals surface area contributed by atoms with Crippen LogP contribution in [0, 0.1) is 11.8 Å². The molecule has 0 heterocycles. The van der Waals surface area contributed by atoms with Crippen LogP contribution in [0.3, 0.4) is 0 Å². The van der Waals surface area contributed by atoms with E-state index >= 15 is 0 Å². The van der Waals surface area contributed by atoms with Crippen molar-refractivity contribution in [2.24, 2.45) is 0 Å². The van der Waals surface area contributed by atoms with Crippen LogP contribution >= 0.6 is 0 Å². The second kappa shape index (κ2) is 9.53. The van der Waals surface area contributed by atoms with Gasteiger partial charge in [0.1, 0.15) is 0 Å². The monoisotopic (exact) mass is 311 g/mol. The Hall–Kier alpha value is -1.39. The Balaban J connectivity index is 2.65. The minimum Gasteiger partial charge on any atom is -0.395 e. The number of sulfonamides is 1. The number of aliphatic hydroxyl groups excluding tert-OH is 1. The number of hydrogen-bond donors (Lipinski definition) is 2. The smallest absolute Gasteiger partial charge is 0.211 e. The molecule has 0 aromatic heterocycles. The molecular weight excluding hydrogens is 290 g/mol. The lowest BCUT2D eigenvalue weighted by Gasteiger charge is -2.08. The van der Waals surface area contributed by atoms with Crippen molar-refractivity contribution in [3.05, 3.63) is 35.4 Å². The SMILES string of the molecule is COCCCS(=O)(=O)NCc1ccccc1C#CCCO. The minimum atomic E-state index is -3.31. The zero-order chi connectivity index (χ0) is 15.6. The van der Waals surface area contributed by atoms with Crippen LogP contribution in [-0.4, -0.2) is 39.6 Å². The summed E-state index contributed by atoms with van der Waals surface area (Å²) in [6, 6.07) is 7.35. The van der Waals surface area contributed by atoms with Gasteiger partial charge in [0.25, 0.3) is 0 Å². The van der Waals surface area contributed by atoms with E-state index < -0.39 is 10.0 Å². The molecule has 116 valence electrons. The summed E-state index contributed by atoms with van der Waals surface area (Å²) in [4.78, 5) is 0. The second-order valence-corrected chi connectivity index (χ2v) is 6.35. The minimum absolute atomic E-state index is 0.0152. The molecule has 21 heavy (non-hydrogen) atoms. The first-order valence-corrected chi connectivity index (χ1v) is 8.38. The lowest BCUT2D eigenvalue weighted by atomic mass is 10.1. The van der Waals surface area contributed by atoms with Gasteiger partial charge in [-0.3, -0.25) is 0 Å². The van der Waals surface area contributed by atoms with Gasteiger partial charge in [-0.15, -0.1) is 0 Å². The van der Waals surface area contributed by atoms with Gasteiger partial charge >= 0.3 is 0 Å². The molecule has 0 aliphatic carbocycles. The van der Waals surface area contributed by atoms with Crippen LogP contribution < -0.4 is 4.72 Å². The molecule has 0 saturated heterocycles. The third kappa shape index (κ3) is 7.25. The highest BCUT2D eigenvalue weighted by Gasteiger charge is 2.10. The molecule has 0 fully saturated rings. The lowest BCUT2D eigenvalue weighted by Crippen LogP contribution is -2.26. The van der Waals surface area contributed by atoms with Crippen LogP contribution in [0.25, 0.3) is 0 Å². The number of rotatable bonds is 8. The van der Waals surface area contributed by atoms with Crippen molar-refractivity contribution < 1.29 is 18.3 Å². The summed E-state index contributed by atoms with van der Waals surface area (Å²) in [5.41, 5.74) is 1.59. The quantitative estimate of drug-likeness (QED) is 0.552.